The first-order valence-corrected chi connectivity index (χ1v) is 9.64. The van der Waals surface area contributed by atoms with Crippen LogP contribution < -0.4 is 10.1 Å². The molecule has 26 heavy (non-hydrogen) atoms. The molecule has 2 atom stereocenters. The highest BCUT2D eigenvalue weighted by molar-refractivity contribution is 6.31. The minimum atomic E-state index is 0.246. The van der Waals surface area contributed by atoms with Gasteiger partial charge in [0.1, 0.15) is 11.9 Å². The van der Waals surface area contributed by atoms with Crippen LogP contribution in [0.4, 0.5) is 0 Å². The van der Waals surface area contributed by atoms with Crippen LogP contribution in [0.2, 0.25) is 5.02 Å². The van der Waals surface area contributed by atoms with Crippen molar-refractivity contribution in [3.63, 3.8) is 0 Å². The third kappa shape index (κ3) is 3.71. The average Bonchev–Trinajstić information content (AvgIpc) is 3.13. The van der Waals surface area contributed by atoms with E-state index in [1.165, 1.54) is 12.8 Å². The van der Waals surface area contributed by atoms with Gasteiger partial charge in [0, 0.05) is 28.6 Å². The summed E-state index contributed by atoms with van der Waals surface area (Å²) >= 11 is 6.26. The van der Waals surface area contributed by atoms with Gasteiger partial charge in [0.15, 0.2) is 0 Å². The number of hydrogen-bond acceptors (Lipinski definition) is 3. The van der Waals surface area contributed by atoms with E-state index in [0.717, 1.165) is 52.2 Å². The highest BCUT2D eigenvalue weighted by Crippen LogP contribution is 2.30. The fourth-order valence-electron chi connectivity index (χ4n) is 3.78. The Kier molecular flexibility index (Phi) is 5.14. The second kappa shape index (κ2) is 7.68. The molecule has 1 aliphatic carbocycles. The lowest BCUT2D eigenvalue weighted by Gasteiger charge is -2.31. The van der Waals surface area contributed by atoms with Crippen LogP contribution in [0.3, 0.4) is 0 Å². The van der Waals surface area contributed by atoms with Crippen LogP contribution in [0.15, 0.2) is 42.6 Å². The highest BCUT2D eigenvalue weighted by Gasteiger charge is 2.24. The van der Waals surface area contributed by atoms with Crippen molar-refractivity contribution in [3.05, 3.63) is 58.7 Å². The predicted molar refractivity (Wildman–Crippen MR) is 106 cm³/mol. The Morgan fingerprint density at radius 2 is 2.12 bits per heavy atom. The van der Waals surface area contributed by atoms with Gasteiger partial charge in [-0.15, -0.1) is 0 Å². The molecule has 1 aromatic heterocycles. The maximum absolute atomic E-state index is 6.36. The third-order valence-corrected chi connectivity index (χ3v) is 5.67. The molecule has 1 aliphatic rings. The summed E-state index contributed by atoms with van der Waals surface area (Å²) in [5.74, 6) is 0.968. The van der Waals surface area contributed by atoms with Crippen LogP contribution in [0.1, 0.15) is 36.8 Å². The molecule has 2 aromatic carbocycles. The topological polar surface area (TPSA) is 49.9 Å². The molecule has 0 amide bonds. The van der Waals surface area contributed by atoms with Crippen LogP contribution in [0.25, 0.3) is 10.9 Å². The lowest BCUT2D eigenvalue weighted by atomic mass is 9.92. The molecule has 0 saturated heterocycles. The van der Waals surface area contributed by atoms with Crippen LogP contribution in [0.5, 0.6) is 5.75 Å². The SMILES string of the molecule is Cc1c(OC2CCCC(NCc3ccccc3Cl)C2)ccc2[nH]ncc12. The minimum absolute atomic E-state index is 0.246. The third-order valence-electron chi connectivity index (χ3n) is 5.30. The number of rotatable bonds is 5. The molecule has 2 unspecified atom stereocenters. The van der Waals surface area contributed by atoms with E-state index in [0.29, 0.717) is 6.04 Å². The highest BCUT2D eigenvalue weighted by atomic mass is 35.5. The van der Waals surface area contributed by atoms with Crippen molar-refractivity contribution in [3.8, 4) is 5.75 Å². The number of fused-ring (bicyclic) bond motifs is 1. The van der Waals surface area contributed by atoms with Crippen LogP contribution in [-0.2, 0) is 6.54 Å². The Labute approximate surface area is 158 Å². The maximum Gasteiger partial charge on any atom is 0.123 e. The van der Waals surface area contributed by atoms with E-state index in [1.807, 2.05) is 30.5 Å². The van der Waals surface area contributed by atoms with E-state index >= 15 is 0 Å². The largest absolute Gasteiger partial charge is 0.490 e. The first kappa shape index (κ1) is 17.4. The van der Waals surface area contributed by atoms with Gasteiger partial charge in [-0.3, -0.25) is 5.10 Å². The summed E-state index contributed by atoms with van der Waals surface area (Å²) in [6, 6.07) is 12.6. The van der Waals surface area contributed by atoms with Gasteiger partial charge in [-0.25, -0.2) is 0 Å². The molecular weight excluding hydrogens is 346 g/mol. The number of ether oxygens (including phenoxy) is 1. The fraction of sp³-hybridized carbons (Fsp3) is 0.381. The first-order chi connectivity index (χ1) is 12.7. The molecule has 1 heterocycles. The molecule has 0 spiro atoms. The fourth-order valence-corrected chi connectivity index (χ4v) is 3.98. The number of nitrogens with one attached hydrogen (secondary N) is 2. The smallest absolute Gasteiger partial charge is 0.123 e. The van der Waals surface area contributed by atoms with Crippen molar-refractivity contribution in [1.82, 2.24) is 15.5 Å². The Morgan fingerprint density at radius 1 is 1.23 bits per heavy atom. The van der Waals surface area contributed by atoms with Gasteiger partial charge < -0.3 is 10.1 Å². The molecule has 3 aromatic rings. The van der Waals surface area contributed by atoms with Crippen molar-refractivity contribution < 1.29 is 4.74 Å². The predicted octanol–water partition coefficient (Wildman–Crippen LogP) is 5.00. The Bertz CT molecular complexity index is 892. The van der Waals surface area contributed by atoms with Gasteiger partial charge in [0.05, 0.1) is 11.7 Å². The number of benzene rings is 2. The first-order valence-electron chi connectivity index (χ1n) is 9.27. The minimum Gasteiger partial charge on any atom is -0.490 e. The zero-order chi connectivity index (χ0) is 17.9. The lowest BCUT2D eigenvalue weighted by molar-refractivity contribution is 0.133. The van der Waals surface area contributed by atoms with Crippen molar-refractivity contribution in [2.24, 2.45) is 0 Å². The summed E-state index contributed by atoms with van der Waals surface area (Å²) in [6.07, 6.45) is 6.60. The normalized spacial score (nSPS) is 20.4. The second-order valence-electron chi connectivity index (χ2n) is 7.10. The summed E-state index contributed by atoms with van der Waals surface area (Å²) in [5, 5.41) is 12.7. The number of aromatic nitrogens is 2. The molecule has 0 aliphatic heterocycles. The van der Waals surface area contributed by atoms with E-state index in [-0.39, 0.29) is 6.10 Å². The molecule has 136 valence electrons. The van der Waals surface area contributed by atoms with Crippen molar-refractivity contribution >= 4 is 22.5 Å². The maximum atomic E-state index is 6.36. The monoisotopic (exact) mass is 369 g/mol. The van der Waals surface area contributed by atoms with E-state index in [9.17, 15) is 0 Å². The Morgan fingerprint density at radius 3 is 3.00 bits per heavy atom. The second-order valence-corrected chi connectivity index (χ2v) is 7.50. The summed E-state index contributed by atoms with van der Waals surface area (Å²) in [4.78, 5) is 0. The number of aryl methyl sites for hydroxylation is 1. The van der Waals surface area contributed by atoms with Crippen molar-refractivity contribution in [1.29, 1.82) is 0 Å². The summed E-state index contributed by atoms with van der Waals surface area (Å²) in [6.45, 7) is 2.90. The van der Waals surface area contributed by atoms with Gasteiger partial charge >= 0.3 is 0 Å². The van der Waals surface area contributed by atoms with E-state index < -0.39 is 0 Å². The number of nitrogens with zero attached hydrogens (tertiary/aromatic N) is 1. The summed E-state index contributed by atoms with van der Waals surface area (Å²) < 4.78 is 6.36. The molecule has 1 saturated carbocycles. The molecule has 4 rings (SSSR count). The van der Waals surface area contributed by atoms with Crippen LogP contribution in [-0.4, -0.2) is 22.3 Å². The Hall–Kier alpha value is -2.04. The molecule has 0 bridgehead atoms. The summed E-state index contributed by atoms with van der Waals surface area (Å²) in [5.41, 5.74) is 3.36. The zero-order valence-electron chi connectivity index (χ0n) is 15.0. The quantitative estimate of drug-likeness (QED) is 0.665. The molecule has 1 fully saturated rings. The molecule has 4 nitrogen and oxygen atoms in total. The average molecular weight is 370 g/mol. The van der Waals surface area contributed by atoms with Gasteiger partial charge in [0.2, 0.25) is 0 Å². The number of halogens is 1. The van der Waals surface area contributed by atoms with Crippen molar-refractivity contribution in [2.45, 2.75) is 51.3 Å². The van der Waals surface area contributed by atoms with Crippen molar-refractivity contribution in [2.75, 3.05) is 0 Å². The zero-order valence-corrected chi connectivity index (χ0v) is 15.7. The van der Waals surface area contributed by atoms with Gasteiger partial charge in [0.25, 0.3) is 0 Å². The molecule has 2 N–H and O–H groups in total. The number of H-pyrrole nitrogens is 1. The molecule has 5 heteroatoms. The summed E-state index contributed by atoms with van der Waals surface area (Å²) in [7, 11) is 0. The Balaban J connectivity index is 1.38. The standard InChI is InChI=1S/C21H24ClN3O/c1-14-18-13-24-25-20(18)9-10-21(14)26-17-7-4-6-16(11-17)23-12-15-5-2-3-8-19(15)22/h2-3,5,8-10,13,16-17,23H,4,6-7,11-12H2,1H3,(H,24,25). The van der Waals surface area contributed by atoms with Crippen LogP contribution >= 0.6 is 11.6 Å². The van der Waals surface area contributed by atoms with E-state index in [2.05, 4.69) is 34.6 Å². The van der Waals surface area contributed by atoms with E-state index in [4.69, 9.17) is 16.3 Å². The van der Waals surface area contributed by atoms with Gasteiger partial charge in [-0.2, -0.15) is 5.10 Å². The number of hydrogen-bond donors (Lipinski definition) is 2. The molecular formula is C21H24ClN3O. The van der Waals surface area contributed by atoms with Crippen LogP contribution in [0, 0.1) is 6.92 Å². The lowest BCUT2D eigenvalue weighted by Crippen LogP contribution is -2.37. The number of aromatic amines is 1. The van der Waals surface area contributed by atoms with Gasteiger partial charge in [-0.05, 0) is 56.4 Å². The van der Waals surface area contributed by atoms with Gasteiger partial charge in [-0.1, -0.05) is 29.8 Å². The van der Waals surface area contributed by atoms with E-state index in [1.54, 1.807) is 0 Å². The molecule has 0 radical (unpaired) electrons.